The summed E-state index contributed by atoms with van der Waals surface area (Å²) >= 11 is 0. The molecule has 1 aromatic carbocycles. The molecule has 3 nitrogen and oxygen atoms in total. The molecule has 0 bridgehead atoms. The lowest BCUT2D eigenvalue weighted by molar-refractivity contribution is 0.463. The highest BCUT2D eigenvalue weighted by atomic mass is 16.3. The van der Waals surface area contributed by atoms with Gasteiger partial charge in [-0.2, -0.15) is 0 Å². The molecule has 0 saturated heterocycles. The minimum atomic E-state index is 0.408. The number of fused-ring (bicyclic) bond motifs is 1. The summed E-state index contributed by atoms with van der Waals surface area (Å²) in [7, 11) is 1.95. The Bertz CT molecular complexity index is 351. The van der Waals surface area contributed by atoms with Gasteiger partial charge in [0.05, 0.1) is 0 Å². The summed E-state index contributed by atoms with van der Waals surface area (Å²) in [5.41, 5.74) is 2.30. The van der Waals surface area contributed by atoms with Gasteiger partial charge in [-0.25, -0.2) is 0 Å². The number of anilines is 1. The Morgan fingerprint density at radius 1 is 1.53 bits per heavy atom. The number of nitrogens with one attached hydrogen (secondary N) is 1. The normalized spacial score (nSPS) is 19.3. The standard InChI is InChI=1S/C12H18N2O/c1-3-14-8-9(7-13-2)12-10(14)5-4-6-11(12)15/h4-6,9,13,15H,3,7-8H2,1-2H3. The first-order chi connectivity index (χ1) is 7.27. The van der Waals surface area contributed by atoms with Crippen molar-refractivity contribution in [2.75, 3.05) is 31.6 Å². The van der Waals surface area contributed by atoms with Gasteiger partial charge in [0, 0.05) is 36.8 Å². The van der Waals surface area contributed by atoms with Gasteiger partial charge in [-0.1, -0.05) is 6.07 Å². The Morgan fingerprint density at radius 2 is 2.33 bits per heavy atom. The molecule has 1 heterocycles. The molecule has 15 heavy (non-hydrogen) atoms. The van der Waals surface area contributed by atoms with Gasteiger partial charge in [0.25, 0.3) is 0 Å². The number of hydrogen-bond acceptors (Lipinski definition) is 3. The van der Waals surface area contributed by atoms with E-state index < -0.39 is 0 Å². The summed E-state index contributed by atoms with van der Waals surface area (Å²) in [5, 5.41) is 13.1. The molecule has 1 aromatic rings. The smallest absolute Gasteiger partial charge is 0.121 e. The molecule has 82 valence electrons. The van der Waals surface area contributed by atoms with Gasteiger partial charge in [-0.3, -0.25) is 0 Å². The van der Waals surface area contributed by atoms with Crippen molar-refractivity contribution in [3.8, 4) is 5.75 Å². The second-order valence-electron chi connectivity index (χ2n) is 4.00. The number of rotatable bonds is 3. The summed E-state index contributed by atoms with van der Waals surface area (Å²) in [6.07, 6.45) is 0. The minimum absolute atomic E-state index is 0.408. The molecule has 1 unspecified atom stereocenters. The highest BCUT2D eigenvalue weighted by Crippen LogP contribution is 2.40. The number of hydrogen-bond donors (Lipinski definition) is 2. The van der Waals surface area contributed by atoms with Crippen molar-refractivity contribution in [3.63, 3.8) is 0 Å². The Kier molecular flexibility index (Phi) is 2.82. The average Bonchev–Trinajstić information content (AvgIpc) is 2.59. The van der Waals surface area contributed by atoms with Crippen molar-refractivity contribution in [1.29, 1.82) is 0 Å². The Morgan fingerprint density at radius 3 is 3.00 bits per heavy atom. The molecule has 0 aromatic heterocycles. The van der Waals surface area contributed by atoms with Crippen LogP contribution in [0.1, 0.15) is 18.4 Å². The van der Waals surface area contributed by atoms with Gasteiger partial charge in [-0.05, 0) is 26.1 Å². The van der Waals surface area contributed by atoms with Gasteiger partial charge >= 0.3 is 0 Å². The fraction of sp³-hybridized carbons (Fsp3) is 0.500. The molecule has 0 fully saturated rings. The van der Waals surface area contributed by atoms with E-state index in [0.717, 1.165) is 25.2 Å². The van der Waals surface area contributed by atoms with Gasteiger partial charge in [0.15, 0.2) is 0 Å². The number of aromatic hydroxyl groups is 1. The summed E-state index contributed by atoms with van der Waals surface area (Å²) < 4.78 is 0. The maximum Gasteiger partial charge on any atom is 0.121 e. The number of benzene rings is 1. The molecule has 1 aliphatic rings. The van der Waals surface area contributed by atoms with E-state index in [9.17, 15) is 5.11 Å². The zero-order valence-electron chi connectivity index (χ0n) is 9.33. The fourth-order valence-electron chi connectivity index (χ4n) is 2.40. The summed E-state index contributed by atoms with van der Waals surface area (Å²) in [5.74, 6) is 0.842. The minimum Gasteiger partial charge on any atom is -0.508 e. The predicted molar refractivity (Wildman–Crippen MR) is 62.7 cm³/mol. The van der Waals surface area contributed by atoms with Crippen molar-refractivity contribution >= 4 is 5.69 Å². The molecule has 2 N–H and O–H groups in total. The summed E-state index contributed by atoms with van der Waals surface area (Å²) in [6, 6.07) is 5.79. The first kappa shape index (κ1) is 10.3. The molecular formula is C12H18N2O. The fourth-order valence-corrected chi connectivity index (χ4v) is 2.40. The van der Waals surface area contributed by atoms with Gasteiger partial charge in [0.1, 0.15) is 5.75 Å². The van der Waals surface area contributed by atoms with Crippen LogP contribution in [0.25, 0.3) is 0 Å². The molecule has 0 spiro atoms. The quantitative estimate of drug-likeness (QED) is 0.787. The Labute approximate surface area is 90.7 Å². The molecule has 0 saturated carbocycles. The molecule has 0 aliphatic carbocycles. The van der Waals surface area contributed by atoms with Crippen LogP contribution < -0.4 is 10.2 Å². The monoisotopic (exact) mass is 206 g/mol. The summed E-state index contributed by atoms with van der Waals surface area (Å²) in [4.78, 5) is 2.32. The van der Waals surface area contributed by atoms with Gasteiger partial charge < -0.3 is 15.3 Å². The molecule has 3 heteroatoms. The Balaban J connectivity index is 2.39. The first-order valence-electron chi connectivity index (χ1n) is 5.49. The van der Waals surface area contributed by atoms with Crippen LogP contribution in [0.3, 0.4) is 0 Å². The van der Waals surface area contributed by atoms with E-state index in [2.05, 4.69) is 23.2 Å². The van der Waals surface area contributed by atoms with Crippen LogP contribution >= 0.6 is 0 Å². The zero-order valence-corrected chi connectivity index (χ0v) is 9.33. The van der Waals surface area contributed by atoms with Crippen molar-refractivity contribution < 1.29 is 5.11 Å². The van der Waals surface area contributed by atoms with E-state index in [0.29, 0.717) is 11.7 Å². The third-order valence-electron chi connectivity index (χ3n) is 3.08. The van der Waals surface area contributed by atoms with E-state index in [4.69, 9.17) is 0 Å². The van der Waals surface area contributed by atoms with E-state index in [1.165, 1.54) is 5.69 Å². The number of phenols is 1. The van der Waals surface area contributed by atoms with Crippen LogP contribution in [-0.2, 0) is 0 Å². The number of likely N-dealkylation sites (N-methyl/N-ethyl adjacent to an activating group) is 2. The van der Waals surface area contributed by atoms with E-state index in [1.54, 1.807) is 6.07 Å². The molecular weight excluding hydrogens is 188 g/mol. The third kappa shape index (κ3) is 1.67. The average molecular weight is 206 g/mol. The molecule has 0 radical (unpaired) electrons. The predicted octanol–water partition coefficient (Wildman–Crippen LogP) is 1.54. The molecule has 2 rings (SSSR count). The lowest BCUT2D eigenvalue weighted by atomic mass is 10.0. The van der Waals surface area contributed by atoms with Crippen molar-refractivity contribution in [2.24, 2.45) is 0 Å². The van der Waals surface area contributed by atoms with Gasteiger partial charge in [0.2, 0.25) is 0 Å². The third-order valence-corrected chi connectivity index (χ3v) is 3.08. The maximum absolute atomic E-state index is 9.89. The molecule has 1 aliphatic heterocycles. The highest BCUT2D eigenvalue weighted by molar-refractivity contribution is 5.65. The van der Waals surface area contributed by atoms with Gasteiger partial charge in [-0.15, -0.1) is 0 Å². The first-order valence-corrected chi connectivity index (χ1v) is 5.49. The molecule has 1 atom stereocenters. The van der Waals surface area contributed by atoms with Crippen LogP contribution in [0, 0.1) is 0 Å². The number of phenolic OH excluding ortho intramolecular Hbond substituents is 1. The largest absolute Gasteiger partial charge is 0.508 e. The van der Waals surface area contributed by atoms with Crippen LogP contribution in [0.4, 0.5) is 5.69 Å². The van der Waals surface area contributed by atoms with Crippen molar-refractivity contribution in [3.05, 3.63) is 23.8 Å². The Hall–Kier alpha value is -1.22. The van der Waals surface area contributed by atoms with Crippen molar-refractivity contribution in [2.45, 2.75) is 12.8 Å². The maximum atomic E-state index is 9.89. The zero-order chi connectivity index (χ0) is 10.8. The van der Waals surface area contributed by atoms with Crippen LogP contribution in [0.15, 0.2) is 18.2 Å². The second kappa shape index (κ2) is 4.11. The number of nitrogens with zero attached hydrogens (tertiary/aromatic N) is 1. The lowest BCUT2D eigenvalue weighted by Gasteiger charge is -2.16. The highest BCUT2D eigenvalue weighted by Gasteiger charge is 2.29. The lowest BCUT2D eigenvalue weighted by Crippen LogP contribution is -2.25. The van der Waals surface area contributed by atoms with Crippen LogP contribution in [-0.4, -0.2) is 31.8 Å². The van der Waals surface area contributed by atoms with Crippen LogP contribution in [0.2, 0.25) is 0 Å². The topological polar surface area (TPSA) is 35.5 Å². The van der Waals surface area contributed by atoms with Crippen molar-refractivity contribution in [1.82, 2.24) is 5.32 Å². The van der Waals surface area contributed by atoms with E-state index in [-0.39, 0.29) is 0 Å². The van der Waals surface area contributed by atoms with Crippen LogP contribution in [0.5, 0.6) is 5.75 Å². The molecule has 0 amide bonds. The van der Waals surface area contributed by atoms with E-state index in [1.807, 2.05) is 13.1 Å². The van der Waals surface area contributed by atoms with E-state index >= 15 is 0 Å². The second-order valence-corrected chi connectivity index (χ2v) is 4.00. The SMILES string of the molecule is CCN1CC(CNC)c2c(O)cccc21. The summed E-state index contributed by atoms with van der Waals surface area (Å²) in [6.45, 7) is 5.07.